The molecule has 2 aromatic heterocycles. The molecule has 56 heavy (non-hydrogen) atoms. The molecule has 0 unspecified atom stereocenters. The van der Waals surface area contributed by atoms with E-state index in [4.69, 9.17) is 0 Å². The van der Waals surface area contributed by atoms with Crippen molar-refractivity contribution in [3.8, 4) is 0 Å². The first-order valence-electron chi connectivity index (χ1n) is 15.1. The number of imidazole rings is 2. The van der Waals surface area contributed by atoms with E-state index in [1.165, 1.54) is 0 Å². The molecule has 2 aromatic rings. The van der Waals surface area contributed by atoms with Gasteiger partial charge in [-0.05, 0) is 26.2 Å². The molecule has 0 saturated carbocycles. The molecule has 0 amide bonds. The Morgan fingerprint density at radius 2 is 0.696 bits per heavy atom. The zero-order valence-electron chi connectivity index (χ0n) is 30.1. The number of sulfonamides is 4. The normalized spacial score (nSPS) is 13.4. The third-order valence-electron chi connectivity index (χ3n) is 6.35. The second kappa shape index (κ2) is 21.8. The van der Waals surface area contributed by atoms with Crippen molar-refractivity contribution in [1.82, 2.24) is 18.9 Å². The molecule has 2 heterocycles. The molecule has 16 nitrogen and oxygen atoms in total. The maximum Gasteiger partial charge on any atom is 0.480 e. The predicted octanol–water partition coefficient (Wildman–Crippen LogP) is 3.43. The molecular weight excluding hydrogens is 885 g/mol. The first kappa shape index (κ1) is 55.3. The summed E-state index contributed by atoms with van der Waals surface area (Å²) in [6.45, 7) is 17.9. The minimum Gasteiger partial charge on any atom is -0.421 e. The van der Waals surface area contributed by atoms with Crippen molar-refractivity contribution in [2.24, 2.45) is 14.1 Å². The third-order valence-corrected chi connectivity index (χ3v) is 11.8. The number of alkyl halides is 12. The first-order valence-corrected chi connectivity index (χ1v) is 20.9. The molecule has 0 saturated heterocycles. The van der Waals surface area contributed by atoms with Gasteiger partial charge in [0.15, 0.2) is 40.1 Å². The summed E-state index contributed by atoms with van der Waals surface area (Å²) in [6, 6.07) is 0. The lowest BCUT2D eigenvalue weighted by atomic mass is 10.4. The highest BCUT2D eigenvalue weighted by atomic mass is 32.3. The number of halogens is 12. The molecule has 0 aliphatic rings. The quantitative estimate of drug-likeness (QED) is 0.201. The maximum atomic E-state index is 11.4. The van der Waals surface area contributed by atoms with Crippen LogP contribution in [0.3, 0.4) is 0 Å². The predicted molar refractivity (Wildman–Crippen MR) is 173 cm³/mol. The highest BCUT2D eigenvalue weighted by molar-refractivity contribution is 8.13. The molecule has 0 aromatic carbocycles. The van der Waals surface area contributed by atoms with Crippen molar-refractivity contribution in [3.05, 3.63) is 45.7 Å². The van der Waals surface area contributed by atoms with Crippen molar-refractivity contribution < 1.29 is 95.5 Å². The molecule has 0 aliphatic carbocycles. The lowest BCUT2D eigenvalue weighted by Crippen LogP contribution is -2.30. The van der Waals surface area contributed by atoms with E-state index in [1.807, 2.05) is 14.1 Å². The van der Waals surface area contributed by atoms with Crippen molar-refractivity contribution in [3.63, 3.8) is 0 Å². The van der Waals surface area contributed by atoms with E-state index in [9.17, 15) is 86.4 Å². The summed E-state index contributed by atoms with van der Waals surface area (Å²) in [7, 11) is -22.8. The van der Waals surface area contributed by atoms with Crippen LogP contribution in [-0.4, -0.2) is 114 Å². The smallest absolute Gasteiger partial charge is 0.421 e. The van der Waals surface area contributed by atoms with Crippen LogP contribution >= 0.6 is 0 Å². The van der Waals surface area contributed by atoms with Gasteiger partial charge in [0, 0.05) is 13.1 Å². The van der Waals surface area contributed by atoms with Gasteiger partial charge in [0.2, 0.25) is 12.7 Å². The summed E-state index contributed by atoms with van der Waals surface area (Å²) in [5.41, 5.74) is -24.8. The van der Waals surface area contributed by atoms with E-state index in [0.29, 0.717) is 0 Å². The standard InChI is InChI=1S/2C10H20N3.2C2F6NO4S2/c2*1-4-12(5-2)8-9-13-7-6-11(3)10-13;2*3-1(4,5)14(10,11)9-15(12,13)2(6,7)8/h2*6-7,10H,4-5,8-9H2,1-3H3;;/q2*+1;2*-1. The monoisotopic (exact) mass is 924 g/mol. The van der Waals surface area contributed by atoms with Crippen molar-refractivity contribution in [2.45, 2.75) is 62.8 Å². The largest absolute Gasteiger partial charge is 0.480 e. The number of rotatable bonds is 14. The molecule has 2 rings (SSSR count). The van der Waals surface area contributed by atoms with Crippen molar-refractivity contribution in [1.29, 1.82) is 0 Å². The van der Waals surface area contributed by atoms with Crippen molar-refractivity contribution >= 4 is 40.1 Å². The van der Waals surface area contributed by atoms with Gasteiger partial charge in [-0.3, -0.25) is 9.80 Å². The second-order valence-corrected chi connectivity index (χ2v) is 17.4. The first-order chi connectivity index (χ1) is 24.9. The molecule has 0 N–H and O–H groups in total. The molecule has 0 aliphatic heterocycles. The lowest BCUT2D eigenvalue weighted by Gasteiger charge is -2.22. The molecule has 0 bridgehead atoms. The van der Waals surface area contributed by atoms with Crippen LogP contribution in [0.2, 0.25) is 0 Å². The highest BCUT2D eigenvalue weighted by Crippen LogP contribution is 2.37. The highest BCUT2D eigenvalue weighted by Gasteiger charge is 2.48. The minimum absolute atomic E-state index is 0.778. The van der Waals surface area contributed by atoms with Gasteiger partial charge in [0.1, 0.15) is 37.9 Å². The van der Waals surface area contributed by atoms with E-state index < -0.39 is 62.1 Å². The summed E-state index contributed by atoms with van der Waals surface area (Å²) >= 11 is 0. The Balaban J connectivity index is 0. The second-order valence-electron chi connectivity index (χ2n) is 10.5. The molecule has 0 spiro atoms. The van der Waals surface area contributed by atoms with Crippen LogP contribution in [0, 0.1) is 0 Å². The zero-order valence-corrected chi connectivity index (χ0v) is 33.4. The molecule has 0 radical (unpaired) electrons. The van der Waals surface area contributed by atoms with Crippen LogP contribution in [0.5, 0.6) is 0 Å². The molecular formula is C24H40F12N8O8S4. The molecule has 0 fully saturated rings. The van der Waals surface area contributed by atoms with E-state index in [-0.39, 0.29) is 0 Å². The Labute approximate surface area is 315 Å². The molecule has 0 atom stereocenters. The Kier molecular flexibility index (Phi) is 21.6. The summed E-state index contributed by atoms with van der Waals surface area (Å²) in [4.78, 5) is 4.86. The summed E-state index contributed by atoms with van der Waals surface area (Å²) in [5.74, 6) is 0. The van der Waals surface area contributed by atoms with Gasteiger partial charge in [-0.1, -0.05) is 27.7 Å². The number of aromatic nitrogens is 4. The maximum absolute atomic E-state index is 11.4. The number of hydrogen-bond donors (Lipinski definition) is 0. The fraction of sp³-hybridized carbons (Fsp3) is 0.750. The Morgan fingerprint density at radius 3 is 0.839 bits per heavy atom. The molecule has 332 valence electrons. The van der Waals surface area contributed by atoms with E-state index in [0.717, 1.165) is 60.6 Å². The van der Waals surface area contributed by atoms with Gasteiger partial charge in [0.25, 0.3) is 0 Å². The fourth-order valence-corrected chi connectivity index (χ4v) is 6.71. The Morgan fingerprint density at radius 1 is 0.482 bits per heavy atom. The van der Waals surface area contributed by atoms with Crippen LogP contribution in [0.25, 0.3) is 8.25 Å². The third kappa shape index (κ3) is 19.6. The van der Waals surface area contributed by atoms with Crippen LogP contribution < -0.4 is 9.13 Å². The topological polar surface area (TPSA) is 189 Å². The fourth-order valence-electron chi connectivity index (χ4n) is 3.29. The van der Waals surface area contributed by atoms with Crippen LogP contribution in [-0.2, 0) is 67.3 Å². The molecule has 32 heteroatoms. The lowest BCUT2D eigenvalue weighted by molar-refractivity contribution is -0.671. The van der Waals surface area contributed by atoms with Crippen molar-refractivity contribution in [2.75, 3.05) is 39.3 Å². The summed E-state index contributed by atoms with van der Waals surface area (Å²) in [5, 5.41) is 0. The van der Waals surface area contributed by atoms with Gasteiger partial charge < -0.3 is 8.25 Å². The summed E-state index contributed by atoms with van der Waals surface area (Å²) in [6.07, 6.45) is 12.6. The zero-order chi connectivity index (χ0) is 44.8. The average Bonchev–Trinajstić information content (AvgIpc) is 3.63. The van der Waals surface area contributed by atoms with E-state index in [1.54, 1.807) is 0 Å². The van der Waals surface area contributed by atoms with Crippen LogP contribution in [0.4, 0.5) is 52.7 Å². The van der Waals surface area contributed by atoms with Gasteiger partial charge in [-0.15, -0.1) is 0 Å². The van der Waals surface area contributed by atoms with Gasteiger partial charge in [-0.25, -0.2) is 51.9 Å². The van der Waals surface area contributed by atoms with Gasteiger partial charge >= 0.3 is 22.0 Å². The number of likely N-dealkylation sites (N-methyl/N-ethyl adjacent to an activating group) is 2. The Hall–Kier alpha value is -2.78. The van der Waals surface area contributed by atoms with E-state index >= 15 is 0 Å². The minimum atomic E-state index is -6.72. The van der Waals surface area contributed by atoms with E-state index in [2.05, 4.69) is 93.2 Å². The summed E-state index contributed by atoms with van der Waals surface area (Å²) < 4.78 is 227. The van der Waals surface area contributed by atoms with Crippen LogP contribution in [0.1, 0.15) is 27.7 Å². The average molecular weight is 925 g/mol. The Bertz CT molecular complexity index is 1680. The number of aryl methyl sites for hydroxylation is 2. The SMILES string of the molecule is CCN(CC)CCn1cc[n+](C)c1.CCN(CC)CCn1cc[n+](C)c1.O=S(=O)([N-]S(=O)(=O)C(F)(F)F)C(F)(F)F.O=S(=O)([N-]S(=O)(=O)C(F)(F)F)C(F)(F)F. The number of hydrogen-bond acceptors (Lipinski definition) is 10. The van der Waals surface area contributed by atoms with Gasteiger partial charge in [0.05, 0.1) is 14.1 Å². The number of nitrogens with zero attached hydrogens (tertiary/aromatic N) is 8. The van der Waals surface area contributed by atoms with Gasteiger partial charge in [-0.2, -0.15) is 52.7 Å². The van der Waals surface area contributed by atoms with Crippen LogP contribution in [0.15, 0.2) is 37.4 Å².